The first kappa shape index (κ1) is 22.5. The first-order chi connectivity index (χ1) is 16.0. The Labute approximate surface area is 195 Å². The van der Waals surface area contributed by atoms with Crippen LogP contribution in [0.2, 0.25) is 0 Å². The number of hydrogen-bond donors (Lipinski definition) is 2. The van der Waals surface area contributed by atoms with E-state index in [2.05, 4.69) is 15.5 Å². The van der Waals surface area contributed by atoms with Gasteiger partial charge in [-0.05, 0) is 62.4 Å². The molecule has 2 aromatic heterocycles. The Balaban J connectivity index is 1.62. The summed E-state index contributed by atoms with van der Waals surface area (Å²) in [6, 6.07) is 17.1. The lowest BCUT2D eigenvalue weighted by Gasteiger charge is -2.08. The molecule has 0 saturated carbocycles. The summed E-state index contributed by atoms with van der Waals surface area (Å²) in [6.07, 6.45) is 0. The second-order valence-electron chi connectivity index (χ2n) is 7.29. The number of carbonyl (C=O) groups is 1. The molecule has 0 saturated heterocycles. The molecule has 9 heteroatoms. The van der Waals surface area contributed by atoms with Crippen molar-refractivity contribution in [2.75, 3.05) is 19.5 Å². The molecule has 0 radical (unpaired) electrons. The summed E-state index contributed by atoms with van der Waals surface area (Å²) in [4.78, 5) is 20.8. The Kier molecular flexibility index (Phi) is 6.69. The van der Waals surface area contributed by atoms with Crippen LogP contribution in [0, 0.1) is 6.92 Å². The summed E-state index contributed by atoms with van der Waals surface area (Å²) < 4.78 is 15.6. The van der Waals surface area contributed by atoms with Gasteiger partial charge in [0.15, 0.2) is 11.0 Å². The molecule has 0 aliphatic heterocycles. The second-order valence-corrected chi connectivity index (χ2v) is 8.62. The van der Waals surface area contributed by atoms with Crippen LogP contribution in [-0.2, 0) is 4.79 Å². The maximum absolute atomic E-state index is 12.6. The average Bonchev–Trinajstić information content (AvgIpc) is 3.45. The highest BCUT2D eigenvalue weighted by Gasteiger charge is 2.21. The van der Waals surface area contributed by atoms with Gasteiger partial charge in [0, 0.05) is 17.2 Å². The first-order valence-electron chi connectivity index (χ1n) is 10.3. The minimum absolute atomic E-state index is 0.193. The number of anilines is 1. The summed E-state index contributed by atoms with van der Waals surface area (Å²) in [5.41, 5.74) is 3.52. The Morgan fingerprint density at radius 2 is 1.64 bits per heavy atom. The lowest BCUT2D eigenvalue weighted by atomic mass is 10.0. The van der Waals surface area contributed by atoms with E-state index in [1.54, 1.807) is 27.2 Å². The van der Waals surface area contributed by atoms with Crippen LogP contribution in [0.5, 0.6) is 11.5 Å². The van der Waals surface area contributed by atoms with E-state index in [1.807, 2.05) is 55.5 Å². The molecule has 0 fully saturated rings. The van der Waals surface area contributed by atoms with Gasteiger partial charge in [0.05, 0.1) is 30.9 Å². The highest BCUT2D eigenvalue weighted by Crippen LogP contribution is 2.35. The van der Waals surface area contributed by atoms with E-state index >= 15 is 0 Å². The number of rotatable bonds is 8. The first-order valence-corrected chi connectivity index (χ1v) is 11.1. The van der Waals surface area contributed by atoms with E-state index in [4.69, 9.17) is 19.0 Å². The molecule has 1 unspecified atom stereocenters. The van der Waals surface area contributed by atoms with Gasteiger partial charge in [-0.3, -0.25) is 4.79 Å². The standard InChI is InChI=1S/C24H24N4O4S/c1-14-13-20(28-32-14)25-23(29)15(2)33-24-26-21(16-5-9-18(30-3)10-6-16)22(27-24)17-7-11-19(31-4)12-8-17/h5-13,15H,1-4H3,(H,26,27)(H,25,28,29). The number of nitrogens with one attached hydrogen (secondary N) is 2. The number of nitrogens with zero attached hydrogens (tertiary/aromatic N) is 2. The molecule has 8 nitrogen and oxygen atoms in total. The number of aromatic nitrogens is 3. The molecular formula is C24H24N4O4S. The molecule has 0 spiro atoms. The third-order valence-electron chi connectivity index (χ3n) is 4.96. The van der Waals surface area contributed by atoms with Crippen LogP contribution in [0.3, 0.4) is 0 Å². The molecule has 33 heavy (non-hydrogen) atoms. The van der Waals surface area contributed by atoms with Crippen molar-refractivity contribution in [1.29, 1.82) is 0 Å². The number of amides is 1. The molecule has 170 valence electrons. The third kappa shape index (κ3) is 5.20. The van der Waals surface area contributed by atoms with Crippen molar-refractivity contribution in [3.8, 4) is 34.0 Å². The predicted molar refractivity (Wildman–Crippen MR) is 128 cm³/mol. The van der Waals surface area contributed by atoms with Gasteiger partial charge in [-0.15, -0.1) is 0 Å². The molecule has 0 aliphatic rings. The third-order valence-corrected chi connectivity index (χ3v) is 5.95. The Hall–Kier alpha value is -3.72. The minimum atomic E-state index is -0.416. The number of thioether (sulfide) groups is 1. The normalized spacial score (nSPS) is 11.8. The van der Waals surface area contributed by atoms with Crippen LogP contribution in [0.1, 0.15) is 12.7 Å². The van der Waals surface area contributed by atoms with Gasteiger partial charge >= 0.3 is 0 Å². The number of methoxy groups -OCH3 is 2. The van der Waals surface area contributed by atoms with Crippen LogP contribution in [0.25, 0.3) is 22.5 Å². The number of aromatic amines is 1. The van der Waals surface area contributed by atoms with E-state index < -0.39 is 5.25 Å². The number of aryl methyl sites for hydroxylation is 1. The van der Waals surface area contributed by atoms with Crippen molar-refractivity contribution in [2.45, 2.75) is 24.3 Å². The lowest BCUT2D eigenvalue weighted by Crippen LogP contribution is -2.22. The highest BCUT2D eigenvalue weighted by molar-refractivity contribution is 8.00. The van der Waals surface area contributed by atoms with Crippen molar-refractivity contribution in [1.82, 2.24) is 15.1 Å². The lowest BCUT2D eigenvalue weighted by molar-refractivity contribution is -0.115. The monoisotopic (exact) mass is 464 g/mol. The van der Waals surface area contributed by atoms with Crippen molar-refractivity contribution in [3.05, 3.63) is 60.4 Å². The number of imidazole rings is 1. The highest BCUT2D eigenvalue weighted by atomic mass is 32.2. The SMILES string of the molecule is COc1ccc(-c2nc(SC(C)C(=O)Nc3cc(C)on3)[nH]c2-c2ccc(OC)cc2)cc1. The van der Waals surface area contributed by atoms with Crippen molar-refractivity contribution >= 4 is 23.5 Å². The molecule has 0 bridgehead atoms. The number of H-pyrrole nitrogens is 1. The quantitative estimate of drug-likeness (QED) is 0.347. The molecule has 0 aliphatic carbocycles. The van der Waals surface area contributed by atoms with E-state index in [9.17, 15) is 4.79 Å². The van der Waals surface area contributed by atoms with Crippen LogP contribution >= 0.6 is 11.8 Å². The number of hydrogen-bond acceptors (Lipinski definition) is 7. The Morgan fingerprint density at radius 1 is 1.03 bits per heavy atom. The largest absolute Gasteiger partial charge is 0.497 e. The van der Waals surface area contributed by atoms with Crippen molar-refractivity contribution in [2.24, 2.45) is 0 Å². The molecule has 1 atom stereocenters. The molecule has 4 aromatic rings. The number of ether oxygens (including phenoxy) is 2. The second kappa shape index (κ2) is 9.83. The van der Waals surface area contributed by atoms with Gasteiger partial charge in [0.2, 0.25) is 5.91 Å². The summed E-state index contributed by atoms with van der Waals surface area (Å²) in [5.74, 6) is 2.37. The van der Waals surface area contributed by atoms with Crippen LogP contribution in [-0.4, -0.2) is 40.5 Å². The fraction of sp³-hybridized carbons (Fsp3) is 0.208. The summed E-state index contributed by atoms with van der Waals surface area (Å²) in [7, 11) is 3.27. The smallest absolute Gasteiger partial charge is 0.238 e. The maximum Gasteiger partial charge on any atom is 0.238 e. The fourth-order valence-corrected chi connectivity index (χ4v) is 4.01. The van der Waals surface area contributed by atoms with Gasteiger partial charge in [0.25, 0.3) is 0 Å². The zero-order valence-corrected chi connectivity index (χ0v) is 19.5. The summed E-state index contributed by atoms with van der Waals surface area (Å²) >= 11 is 1.33. The van der Waals surface area contributed by atoms with Crippen molar-refractivity contribution in [3.63, 3.8) is 0 Å². The van der Waals surface area contributed by atoms with E-state index in [0.717, 1.165) is 34.0 Å². The van der Waals surface area contributed by atoms with Gasteiger partial charge in [-0.25, -0.2) is 4.98 Å². The molecule has 4 rings (SSSR count). The van der Waals surface area contributed by atoms with Crippen LogP contribution in [0.15, 0.2) is 64.3 Å². The fourth-order valence-electron chi connectivity index (χ4n) is 3.21. The summed E-state index contributed by atoms with van der Waals surface area (Å²) in [6.45, 7) is 3.58. The van der Waals surface area contributed by atoms with E-state index in [-0.39, 0.29) is 5.91 Å². The van der Waals surface area contributed by atoms with Gasteiger partial charge in [0.1, 0.15) is 17.3 Å². The van der Waals surface area contributed by atoms with E-state index in [1.165, 1.54) is 11.8 Å². The average molecular weight is 465 g/mol. The van der Waals surface area contributed by atoms with Crippen molar-refractivity contribution < 1.29 is 18.8 Å². The topological polar surface area (TPSA) is 102 Å². The molecule has 2 heterocycles. The zero-order chi connectivity index (χ0) is 23.4. The number of benzene rings is 2. The van der Waals surface area contributed by atoms with Gasteiger partial charge in [-0.1, -0.05) is 16.9 Å². The maximum atomic E-state index is 12.6. The van der Waals surface area contributed by atoms with E-state index in [0.29, 0.717) is 16.7 Å². The Morgan fingerprint density at radius 3 is 2.18 bits per heavy atom. The predicted octanol–water partition coefficient (Wildman–Crippen LogP) is 5.18. The summed E-state index contributed by atoms with van der Waals surface area (Å²) in [5, 5.41) is 6.78. The minimum Gasteiger partial charge on any atom is -0.497 e. The van der Waals surface area contributed by atoms with Crippen LogP contribution in [0.4, 0.5) is 5.82 Å². The van der Waals surface area contributed by atoms with Gasteiger partial charge in [-0.2, -0.15) is 0 Å². The molecular weight excluding hydrogens is 440 g/mol. The number of carbonyl (C=O) groups excluding carboxylic acids is 1. The van der Waals surface area contributed by atoms with Gasteiger partial charge < -0.3 is 24.3 Å². The molecule has 1 amide bonds. The zero-order valence-electron chi connectivity index (χ0n) is 18.7. The van der Waals surface area contributed by atoms with Crippen LogP contribution < -0.4 is 14.8 Å². The molecule has 2 N–H and O–H groups in total. The Bertz CT molecular complexity index is 1170. The molecule has 2 aromatic carbocycles.